The van der Waals surface area contributed by atoms with Crippen LogP contribution in [-0.4, -0.2) is 4.98 Å². The lowest BCUT2D eigenvalue weighted by atomic mass is 9.91. The number of hydrogen-bond donors (Lipinski definition) is 1. The predicted molar refractivity (Wildman–Crippen MR) is 126 cm³/mol. The average Bonchev–Trinajstić information content (AvgIpc) is 3.11. The molecular formula is C27H27N. The Balaban J connectivity index is 0.00000128. The Kier molecular flexibility index (Phi) is 4.21. The van der Waals surface area contributed by atoms with Gasteiger partial charge in [-0.25, -0.2) is 0 Å². The summed E-state index contributed by atoms with van der Waals surface area (Å²) in [6.45, 7) is 4.32. The third kappa shape index (κ3) is 2.99. The fraction of sp³-hybridized carbons (Fsp3) is 0.111. The number of rotatable bonds is 1. The van der Waals surface area contributed by atoms with Crippen molar-refractivity contribution in [2.75, 3.05) is 0 Å². The number of nitrogens with one attached hydrogen (secondary N) is 1. The van der Waals surface area contributed by atoms with E-state index < -0.39 is 0 Å². The second-order valence-corrected chi connectivity index (χ2v) is 7.51. The molecule has 0 bridgehead atoms. The van der Waals surface area contributed by atoms with E-state index in [0.717, 1.165) is 18.4 Å². The number of H-pyrrole nitrogens is 1. The van der Waals surface area contributed by atoms with Gasteiger partial charge in [-0.1, -0.05) is 67.3 Å². The van der Waals surface area contributed by atoms with E-state index in [1.165, 1.54) is 50.5 Å². The minimum absolute atomic E-state index is 0. The summed E-state index contributed by atoms with van der Waals surface area (Å²) in [7, 11) is 0. The molecule has 1 aliphatic carbocycles. The monoisotopic (exact) mass is 365 g/mol. The molecule has 0 amide bonds. The Labute approximate surface area is 168 Å². The maximum absolute atomic E-state index is 4.32. The normalized spacial score (nSPS) is 16.8. The Morgan fingerprint density at radius 3 is 2.61 bits per heavy atom. The van der Waals surface area contributed by atoms with E-state index in [0.29, 0.717) is 0 Å². The zero-order valence-corrected chi connectivity index (χ0v) is 15.9. The highest BCUT2D eigenvalue weighted by atomic mass is 14.7. The molecule has 1 aliphatic rings. The average molecular weight is 366 g/mol. The molecule has 0 atom stereocenters. The lowest BCUT2D eigenvalue weighted by Crippen LogP contribution is -1.94. The summed E-state index contributed by atoms with van der Waals surface area (Å²) in [5, 5.41) is 2.55. The Hall–Kier alpha value is -3.32. The van der Waals surface area contributed by atoms with E-state index in [9.17, 15) is 0 Å². The zero-order valence-electron chi connectivity index (χ0n) is 15.9. The molecule has 0 spiro atoms. The standard InChI is InChI=1S/C27H23N.2H2/c1-19-9-5-3-2-4-6-10-20-13-14-21(17-24(19)20)22-15-16-27-25(18-22)23-11-7-8-12-26(23)28-27;;/h2-3,5,7-9,11-18,28H,1,4,6,10H2;2*1H/b3-2-,9-5-;;. The molecule has 4 aromatic rings. The summed E-state index contributed by atoms with van der Waals surface area (Å²) in [5.41, 5.74) is 8.60. The molecule has 0 saturated heterocycles. The minimum Gasteiger partial charge on any atom is -0.355 e. The Morgan fingerprint density at radius 1 is 0.821 bits per heavy atom. The smallest absolute Gasteiger partial charge is 0.0465 e. The van der Waals surface area contributed by atoms with Crippen LogP contribution in [0.4, 0.5) is 0 Å². The first-order valence-electron chi connectivity index (χ1n) is 9.96. The van der Waals surface area contributed by atoms with Crippen molar-refractivity contribution in [2.24, 2.45) is 0 Å². The molecule has 0 aliphatic heterocycles. The molecule has 1 N–H and O–H groups in total. The quantitative estimate of drug-likeness (QED) is 0.352. The van der Waals surface area contributed by atoms with Crippen molar-refractivity contribution in [3.63, 3.8) is 0 Å². The first-order chi connectivity index (χ1) is 13.8. The minimum atomic E-state index is 0. The molecule has 0 saturated carbocycles. The van der Waals surface area contributed by atoms with Gasteiger partial charge in [0.05, 0.1) is 0 Å². The fourth-order valence-corrected chi connectivity index (χ4v) is 4.15. The highest BCUT2D eigenvalue weighted by molar-refractivity contribution is 6.08. The van der Waals surface area contributed by atoms with Gasteiger partial charge in [0.2, 0.25) is 0 Å². The van der Waals surface area contributed by atoms with Crippen molar-refractivity contribution in [1.82, 2.24) is 4.98 Å². The molecule has 1 heterocycles. The summed E-state index contributed by atoms with van der Waals surface area (Å²) < 4.78 is 0. The van der Waals surface area contributed by atoms with Gasteiger partial charge in [-0.05, 0) is 71.4 Å². The molecule has 1 nitrogen and oxygen atoms in total. The summed E-state index contributed by atoms with van der Waals surface area (Å²) in [5.74, 6) is 0. The van der Waals surface area contributed by atoms with E-state index in [1.54, 1.807) is 0 Å². The number of para-hydroxylation sites is 1. The number of aryl methyl sites for hydroxylation is 1. The van der Waals surface area contributed by atoms with Crippen LogP contribution in [0.3, 0.4) is 0 Å². The Bertz CT molecular complexity index is 1260. The van der Waals surface area contributed by atoms with E-state index >= 15 is 0 Å². The van der Waals surface area contributed by atoms with Gasteiger partial charge in [0.15, 0.2) is 0 Å². The van der Waals surface area contributed by atoms with Gasteiger partial charge in [0.1, 0.15) is 0 Å². The zero-order chi connectivity index (χ0) is 18.9. The van der Waals surface area contributed by atoms with E-state index in [2.05, 4.69) is 96.5 Å². The highest BCUT2D eigenvalue weighted by Crippen LogP contribution is 2.32. The first kappa shape index (κ1) is 16.8. The molecular weight excluding hydrogens is 338 g/mol. The van der Waals surface area contributed by atoms with Crippen LogP contribution in [0.2, 0.25) is 0 Å². The molecule has 1 heteroatoms. The van der Waals surface area contributed by atoms with Crippen molar-refractivity contribution in [3.8, 4) is 11.1 Å². The molecule has 3 aromatic carbocycles. The van der Waals surface area contributed by atoms with Crippen LogP contribution in [0.15, 0.2) is 91.5 Å². The van der Waals surface area contributed by atoms with Crippen LogP contribution in [-0.2, 0) is 6.42 Å². The Morgan fingerprint density at radius 2 is 1.64 bits per heavy atom. The third-order valence-electron chi connectivity index (χ3n) is 5.66. The lowest BCUT2D eigenvalue weighted by Gasteiger charge is -2.13. The molecule has 0 unspecified atom stereocenters. The van der Waals surface area contributed by atoms with Crippen LogP contribution in [0.1, 0.15) is 26.8 Å². The maximum atomic E-state index is 4.32. The number of allylic oxidation sites excluding steroid dienone is 5. The van der Waals surface area contributed by atoms with Crippen LogP contribution in [0.5, 0.6) is 0 Å². The second-order valence-electron chi connectivity index (χ2n) is 7.51. The SMILES string of the molecule is C=C1/C=C\C=C/CCCc2ccc(-c3ccc4[nH]c5ccccc5c4c3)cc21.[HH].[HH]. The van der Waals surface area contributed by atoms with E-state index in [1.807, 2.05) is 0 Å². The first-order valence-corrected chi connectivity index (χ1v) is 9.96. The van der Waals surface area contributed by atoms with Gasteiger partial charge in [0, 0.05) is 24.7 Å². The third-order valence-corrected chi connectivity index (χ3v) is 5.66. The summed E-state index contributed by atoms with van der Waals surface area (Å²) in [6.07, 6.45) is 12.0. The number of hydrogen-bond acceptors (Lipinski definition) is 0. The molecule has 5 rings (SSSR count). The molecule has 1 aromatic heterocycles. The van der Waals surface area contributed by atoms with E-state index in [4.69, 9.17) is 0 Å². The largest absolute Gasteiger partial charge is 0.355 e. The number of benzene rings is 3. The fourth-order valence-electron chi connectivity index (χ4n) is 4.15. The van der Waals surface area contributed by atoms with Gasteiger partial charge >= 0.3 is 0 Å². The topological polar surface area (TPSA) is 15.8 Å². The van der Waals surface area contributed by atoms with Crippen molar-refractivity contribution >= 4 is 27.4 Å². The van der Waals surface area contributed by atoms with Crippen LogP contribution >= 0.6 is 0 Å². The summed E-state index contributed by atoms with van der Waals surface area (Å²) in [4.78, 5) is 3.51. The van der Waals surface area contributed by atoms with Gasteiger partial charge in [0.25, 0.3) is 0 Å². The number of aromatic amines is 1. The number of aromatic nitrogens is 1. The van der Waals surface area contributed by atoms with Crippen LogP contribution < -0.4 is 0 Å². The van der Waals surface area contributed by atoms with Crippen LogP contribution in [0, 0.1) is 0 Å². The summed E-state index contributed by atoms with van der Waals surface area (Å²) >= 11 is 0. The van der Waals surface area contributed by atoms with Gasteiger partial charge in [-0.2, -0.15) is 0 Å². The second kappa shape index (κ2) is 7.01. The van der Waals surface area contributed by atoms with Crippen molar-refractivity contribution in [2.45, 2.75) is 19.3 Å². The highest BCUT2D eigenvalue weighted by Gasteiger charge is 2.10. The lowest BCUT2D eigenvalue weighted by molar-refractivity contribution is 0.841. The molecule has 140 valence electrons. The maximum Gasteiger partial charge on any atom is 0.0465 e. The number of fused-ring (bicyclic) bond motifs is 4. The van der Waals surface area contributed by atoms with E-state index in [-0.39, 0.29) is 2.85 Å². The molecule has 0 radical (unpaired) electrons. The van der Waals surface area contributed by atoms with Crippen molar-refractivity contribution in [1.29, 1.82) is 0 Å². The van der Waals surface area contributed by atoms with Crippen LogP contribution in [0.25, 0.3) is 38.5 Å². The molecule has 0 fully saturated rings. The predicted octanol–water partition coefficient (Wildman–Crippen LogP) is 7.94. The van der Waals surface area contributed by atoms with Gasteiger partial charge < -0.3 is 4.98 Å². The van der Waals surface area contributed by atoms with Gasteiger partial charge in [-0.15, -0.1) is 0 Å². The molecule has 28 heavy (non-hydrogen) atoms. The van der Waals surface area contributed by atoms with Crippen molar-refractivity contribution in [3.05, 3.63) is 103 Å². The van der Waals surface area contributed by atoms with Crippen molar-refractivity contribution < 1.29 is 2.85 Å². The summed E-state index contributed by atoms with van der Waals surface area (Å²) in [6, 6.07) is 22.1. The van der Waals surface area contributed by atoms with Gasteiger partial charge in [-0.3, -0.25) is 0 Å².